The molecule has 4 unspecified atom stereocenters. The number of ether oxygens (including phenoxy) is 3. The van der Waals surface area contributed by atoms with Gasteiger partial charge in [-0.05, 0) is 118 Å². The van der Waals surface area contributed by atoms with Gasteiger partial charge in [-0.15, -0.1) is 0 Å². The molecule has 0 fully saturated rings. The maximum absolute atomic E-state index is 13.8. The average Bonchev–Trinajstić information content (AvgIpc) is 1.85. The number of benzene rings is 3. The minimum Gasteiger partial charge on any atom is -0.378 e. The standard InChI is InChI=1S/C57H86N9O21PS3/c1-83-88(75,76)87-36-8-3-2-7-31-58-51(69)14-9-15-54(72)63-57(40-84-37-28-49(67)12-5-4-6-13-50(68)43-16-22-46(23-17-43)64-89(77)78,41-85-38-29-52(70)59-32-10-34-61-55(73)44-18-24-47(25-19-44)65-90(79)80)42-86-39-30-53(71)60-33-11-35-62-56(74)45-20-26-48(27-21-45)66-91(81)82/h16-27,64-66H,2-15,28-42H2,1H3,(H,58,69)(H,59,70)(H,60,71)(H,61,73)(H,62,74)(H,63,72)(H,75,76)(H,77,78)(H,79,80)(H,81,82). The third-order valence-electron chi connectivity index (χ3n) is 13.1. The largest absolute Gasteiger partial charge is 0.471 e. The zero-order valence-electron chi connectivity index (χ0n) is 50.8. The lowest BCUT2D eigenvalue weighted by molar-refractivity contribution is -0.131. The minimum absolute atomic E-state index is 0.00284. The Balaban J connectivity index is 1.61. The van der Waals surface area contributed by atoms with Gasteiger partial charge in [0.1, 0.15) is 11.3 Å². The van der Waals surface area contributed by atoms with E-state index in [-0.39, 0.29) is 165 Å². The van der Waals surface area contributed by atoms with Gasteiger partial charge in [0.25, 0.3) is 45.6 Å². The Morgan fingerprint density at radius 1 is 0.429 bits per heavy atom. The predicted molar refractivity (Wildman–Crippen MR) is 340 cm³/mol. The van der Waals surface area contributed by atoms with Crippen LogP contribution in [0.3, 0.4) is 0 Å². The topological polar surface area (TPSA) is 440 Å². The van der Waals surface area contributed by atoms with Crippen molar-refractivity contribution in [3.05, 3.63) is 89.5 Å². The number of amides is 6. The van der Waals surface area contributed by atoms with E-state index in [1.807, 2.05) is 0 Å². The van der Waals surface area contributed by atoms with Crippen molar-refractivity contribution in [2.45, 2.75) is 115 Å². The third-order valence-corrected chi connectivity index (χ3v) is 15.3. The molecule has 0 aliphatic carbocycles. The van der Waals surface area contributed by atoms with E-state index in [4.69, 9.17) is 32.4 Å². The van der Waals surface area contributed by atoms with Crippen molar-refractivity contribution >= 4 is 106 Å². The Bertz CT molecular complexity index is 2620. The number of Topliss-reactive ketones (excluding diaryl/α,β-unsaturated/α-hetero) is 2. The Morgan fingerprint density at radius 3 is 1.27 bits per heavy atom. The van der Waals surface area contributed by atoms with Crippen LogP contribution in [0.25, 0.3) is 0 Å². The summed E-state index contributed by atoms with van der Waals surface area (Å²) in [4.78, 5) is 113. The minimum atomic E-state index is -4.05. The number of ketones is 2. The van der Waals surface area contributed by atoms with Gasteiger partial charge in [0.15, 0.2) is 5.78 Å². The highest BCUT2D eigenvalue weighted by Crippen LogP contribution is 2.42. The number of phosphoric ester groups is 1. The molecule has 0 saturated carbocycles. The van der Waals surface area contributed by atoms with E-state index in [1.165, 1.54) is 60.7 Å². The number of carbonyl (C=O) groups is 8. The zero-order chi connectivity index (χ0) is 66.7. The second kappa shape index (κ2) is 45.7. The summed E-state index contributed by atoms with van der Waals surface area (Å²) in [6.45, 7) is 0.102. The summed E-state index contributed by atoms with van der Waals surface area (Å²) in [5.74, 6) is -2.56. The fourth-order valence-corrected chi connectivity index (χ4v) is 9.80. The smallest absolute Gasteiger partial charge is 0.378 e. The first-order valence-corrected chi connectivity index (χ1v) is 34.3. The molecule has 0 bridgehead atoms. The fourth-order valence-electron chi connectivity index (χ4n) is 8.33. The maximum Gasteiger partial charge on any atom is 0.471 e. The highest BCUT2D eigenvalue weighted by Gasteiger charge is 2.34. The van der Waals surface area contributed by atoms with Gasteiger partial charge in [0.2, 0.25) is 23.6 Å². The summed E-state index contributed by atoms with van der Waals surface area (Å²) in [5.41, 5.74) is 0.686. The quantitative estimate of drug-likeness (QED) is 0.0159. The molecule has 3 aromatic carbocycles. The lowest BCUT2D eigenvalue weighted by Gasteiger charge is -2.34. The Morgan fingerprint density at radius 2 is 0.813 bits per heavy atom. The molecule has 0 heterocycles. The van der Waals surface area contributed by atoms with Crippen molar-refractivity contribution in [2.24, 2.45) is 0 Å². The van der Waals surface area contributed by atoms with E-state index in [0.717, 1.165) is 7.11 Å². The van der Waals surface area contributed by atoms with E-state index in [9.17, 15) is 60.4 Å². The van der Waals surface area contributed by atoms with Crippen molar-refractivity contribution in [2.75, 3.05) is 100 Å². The molecule has 3 aromatic rings. The second-order valence-electron chi connectivity index (χ2n) is 20.6. The van der Waals surface area contributed by atoms with Gasteiger partial charge >= 0.3 is 7.82 Å². The zero-order valence-corrected chi connectivity index (χ0v) is 54.2. The molecule has 0 aliphatic heterocycles. The highest BCUT2D eigenvalue weighted by molar-refractivity contribution is 7.81. The molecule has 0 aliphatic rings. The summed E-state index contributed by atoms with van der Waals surface area (Å²) in [7, 11) is -2.98. The lowest BCUT2D eigenvalue weighted by Crippen LogP contribution is -2.58. The second-order valence-corrected chi connectivity index (χ2v) is 24.2. The van der Waals surface area contributed by atoms with Gasteiger partial charge in [-0.2, -0.15) is 0 Å². The monoisotopic (exact) mass is 1360 g/mol. The van der Waals surface area contributed by atoms with Gasteiger partial charge in [0, 0.05) is 119 Å². The molecule has 508 valence electrons. The first kappa shape index (κ1) is 78.8. The van der Waals surface area contributed by atoms with E-state index in [2.05, 4.69) is 50.6 Å². The first-order chi connectivity index (χ1) is 43.6. The average molecular weight is 1360 g/mol. The van der Waals surface area contributed by atoms with Crippen LogP contribution in [0, 0.1) is 0 Å². The van der Waals surface area contributed by atoms with Crippen LogP contribution in [0.4, 0.5) is 17.1 Å². The normalized spacial score (nSPS) is 13.4. The number of phosphoric acid groups is 1. The number of hydrogen-bond acceptors (Lipinski definition) is 17. The lowest BCUT2D eigenvalue weighted by atomic mass is 10.0. The van der Waals surface area contributed by atoms with Gasteiger partial charge in [-0.3, -0.25) is 75.2 Å². The molecular formula is C57H86N9O21PS3. The van der Waals surface area contributed by atoms with Gasteiger partial charge in [-0.25, -0.2) is 17.2 Å². The van der Waals surface area contributed by atoms with Crippen molar-refractivity contribution in [3.8, 4) is 0 Å². The van der Waals surface area contributed by atoms with Crippen LogP contribution in [0.15, 0.2) is 72.8 Å². The Labute approximate surface area is 536 Å². The van der Waals surface area contributed by atoms with Gasteiger partial charge < -0.3 is 51.0 Å². The number of unbranched alkanes of at least 4 members (excludes halogenated alkanes) is 5. The van der Waals surface area contributed by atoms with E-state index in [1.54, 1.807) is 12.1 Å². The molecule has 91 heavy (non-hydrogen) atoms. The van der Waals surface area contributed by atoms with Crippen LogP contribution < -0.4 is 46.1 Å². The van der Waals surface area contributed by atoms with Crippen LogP contribution >= 0.6 is 7.82 Å². The van der Waals surface area contributed by atoms with E-state index in [0.29, 0.717) is 98.1 Å². The molecule has 0 saturated heterocycles. The Hall–Kier alpha value is -6.46. The first-order valence-electron chi connectivity index (χ1n) is 29.5. The number of rotatable bonds is 52. The number of anilines is 3. The predicted octanol–water partition coefficient (Wildman–Crippen LogP) is 4.59. The molecule has 0 spiro atoms. The molecule has 0 radical (unpaired) electrons. The van der Waals surface area contributed by atoms with Crippen LogP contribution in [0.2, 0.25) is 0 Å². The van der Waals surface area contributed by atoms with E-state index >= 15 is 0 Å². The van der Waals surface area contributed by atoms with Gasteiger partial charge in [0.05, 0.1) is 46.2 Å². The van der Waals surface area contributed by atoms with Crippen molar-refractivity contribution in [3.63, 3.8) is 0 Å². The van der Waals surface area contributed by atoms with Crippen LogP contribution in [0.1, 0.15) is 140 Å². The fraction of sp³-hybridized carbons (Fsp3) is 0.544. The van der Waals surface area contributed by atoms with Gasteiger partial charge in [-0.1, -0.05) is 19.3 Å². The summed E-state index contributed by atoms with van der Waals surface area (Å²) in [6.07, 6.45) is 5.16. The van der Waals surface area contributed by atoms with Crippen molar-refractivity contribution in [1.82, 2.24) is 31.9 Å². The molecule has 0 aromatic heterocycles. The molecule has 30 nitrogen and oxygen atoms in total. The van der Waals surface area contributed by atoms with Crippen LogP contribution in [-0.4, -0.2) is 170 Å². The van der Waals surface area contributed by atoms with Crippen LogP contribution in [0.5, 0.6) is 0 Å². The molecule has 13 N–H and O–H groups in total. The third kappa shape index (κ3) is 37.6. The SMILES string of the molecule is COP(=O)(O)OCCCCCCNC(=O)CCCC(=O)NC(COCCC(=O)CCCCCC(=O)c1ccc(NS(=O)O)cc1)(COCCC(=O)NCCCNC(=O)c1ccc(NS(=O)O)cc1)COCCC(=O)NCCCNC(=O)c1ccc(NS(=O)O)cc1. The number of hydrogen-bond donors (Lipinski definition) is 13. The molecule has 3 rings (SSSR count). The molecule has 6 amide bonds. The maximum atomic E-state index is 13.8. The molecular weight excluding hydrogens is 1270 g/mol. The van der Waals surface area contributed by atoms with Crippen molar-refractivity contribution < 1.29 is 97.4 Å². The summed E-state index contributed by atoms with van der Waals surface area (Å²) >= 11 is -6.79. The van der Waals surface area contributed by atoms with Crippen molar-refractivity contribution in [1.29, 1.82) is 0 Å². The number of carbonyl (C=O) groups excluding carboxylic acids is 8. The summed E-state index contributed by atoms with van der Waals surface area (Å²) in [5, 5.41) is 16.7. The summed E-state index contributed by atoms with van der Waals surface area (Å²) < 4.78 is 106. The number of nitrogens with one attached hydrogen (secondary N) is 9. The van der Waals surface area contributed by atoms with E-state index < -0.39 is 53.1 Å². The Kier molecular flexibility index (Phi) is 39.6. The highest BCUT2D eigenvalue weighted by atomic mass is 32.2. The molecule has 34 heteroatoms. The summed E-state index contributed by atoms with van der Waals surface area (Å²) in [6, 6.07) is 18.0. The van der Waals surface area contributed by atoms with Crippen LogP contribution in [-0.2, 0) is 85.6 Å². The molecule has 4 atom stereocenters.